The molecule has 0 saturated carbocycles. The first-order chi connectivity index (χ1) is 8.76. The van der Waals surface area contributed by atoms with Crippen LogP contribution in [0.2, 0.25) is 0 Å². The summed E-state index contributed by atoms with van der Waals surface area (Å²) >= 11 is 0. The summed E-state index contributed by atoms with van der Waals surface area (Å²) in [6, 6.07) is 0. The second-order valence-electron chi connectivity index (χ2n) is 4.93. The maximum absolute atomic E-state index is 11.6. The van der Waals surface area contributed by atoms with Crippen molar-refractivity contribution in [3.05, 3.63) is 0 Å². The van der Waals surface area contributed by atoms with Crippen LogP contribution in [0.15, 0.2) is 0 Å². The van der Waals surface area contributed by atoms with Gasteiger partial charge in [0.05, 0.1) is 19.2 Å². The number of rotatable bonds is 9. The van der Waals surface area contributed by atoms with E-state index in [1.54, 1.807) is 4.90 Å². The fourth-order valence-corrected chi connectivity index (χ4v) is 2.25. The summed E-state index contributed by atoms with van der Waals surface area (Å²) in [5, 5.41) is 5.03. The van der Waals surface area contributed by atoms with Crippen LogP contribution in [0.25, 0.3) is 0 Å². The van der Waals surface area contributed by atoms with Gasteiger partial charge in [0.15, 0.2) is 6.54 Å². The van der Waals surface area contributed by atoms with Crippen LogP contribution in [0.1, 0.15) is 26.7 Å². The molecule has 1 saturated heterocycles. The molecule has 0 aromatic carbocycles. The fourth-order valence-electron chi connectivity index (χ4n) is 2.25. The highest BCUT2D eigenvalue weighted by atomic mass is 16.5. The van der Waals surface area contributed by atoms with Gasteiger partial charge >= 0.3 is 0 Å². The van der Waals surface area contributed by atoms with Crippen molar-refractivity contribution in [1.29, 1.82) is 0 Å². The first-order valence-electron chi connectivity index (χ1n) is 7.29. The van der Waals surface area contributed by atoms with Gasteiger partial charge in [0, 0.05) is 13.2 Å². The van der Waals surface area contributed by atoms with Gasteiger partial charge in [0.2, 0.25) is 0 Å². The number of likely N-dealkylation sites (N-methyl/N-ethyl adjacent to an activating group) is 1. The highest BCUT2D eigenvalue weighted by Gasteiger charge is 2.16. The summed E-state index contributed by atoms with van der Waals surface area (Å²) in [6.07, 6.45) is 2.45. The van der Waals surface area contributed by atoms with E-state index in [2.05, 4.69) is 24.5 Å². The van der Waals surface area contributed by atoms with Gasteiger partial charge in [0.25, 0.3) is 5.91 Å². The number of amides is 1. The molecule has 1 atom stereocenters. The van der Waals surface area contributed by atoms with Crippen LogP contribution in [0.5, 0.6) is 0 Å². The second-order valence-corrected chi connectivity index (χ2v) is 4.93. The van der Waals surface area contributed by atoms with Gasteiger partial charge in [-0.25, -0.2) is 0 Å². The highest BCUT2D eigenvalue weighted by Crippen LogP contribution is 2.10. The summed E-state index contributed by atoms with van der Waals surface area (Å²) in [5.74, 6) is 0.125. The third-order valence-corrected chi connectivity index (χ3v) is 3.58. The average Bonchev–Trinajstić information content (AvgIpc) is 2.90. The molecule has 5 heteroatoms. The first-order valence-corrected chi connectivity index (χ1v) is 7.29. The Bertz CT molecular complexity index is 226. The number of carbonyl (C=O) groups is 1. The van der Waals surface area contributed by atoms with E-state index in [1.165, 1.54) is 0 Å². The molecule has 0 unspecified atom stereocenters. The molecule has 4 N–H and O–H groups in total. The van der Waals surface area contributed by atoms with Crippen LogP contribution in [-0.2, 0) is 9.53 Å². The summed E-state index contributed by atoms with van der Waals surface area (Å²) in [6.45, 7) is 10.9. The lowest BCUT2D eigenvalue weighted by molar-refractivity contribution is -0.908. The first kappa shape index (κ1) is 15.4. The third-order valence-electron chi connectivity index (χ3n) is 3.58. The molecule has 1 rings (SSSR count). The van der Waals surface area contributed by atoms with E-state index in [-0.39, 0.29) is 12.0 Å². The van der Waals surface area contributed by atoms with Gasteiger partial charge in [-0.2, -0.15) is 0 Å². The van der Waals surface area contributed by atoms with Crippen molar-refractivity contribution >= 4 is 5.91 Å². The minimum atomic E-state index is 0.125. The molecule has 1 aliphatic rings. The molecular formula is C13H29N3O2+2. The summed E-state index contributed by atoms with van der Waals surface area (Å²) < 4.78 is 5.46. The monoisotopic (exact) mass is 259 g/mol. The standard InChI is InChI=1S/C13H27N3O2/c1-3-16(4-2)8-7-14-11-13(17)15-10-12-6-5-9-18-12/h12,14H,3-11H2,1-2H3,(H,15,17)/p+2/t12-/m1/s1. The lowest BCUT2D eigenvalue weighted by atomic mass is 10.2. The topological polar surface area (TPSA) is 59.4 Å². The lowest BCUT2D eigenvalue weighted by Crippen LogP contribution is -3.14. The summed E-state index contributed by atoms with van der Waals surface area (Å²) in [4.78, 5) is 13.2. The van der Waals surface area contributed by atoms with E-state index in [0.29, 0.717) is 13.1 Å². The molecule has 1 aliphatic heterocycles. The van der Waals surface area contributed by atoms with Gasteiger partial charge in [-0.15, -0.1) is 0 Å². The Morgan fingerprint density at radius 3 is 2.83 bits per heavy atom. The Labute approximate surface area is 110 Å². The highest BCUT2D eigenvalue weighted by molar-refractivity contribution is 5.76. The van der Waals surface area contributed by atoms with Crippen molar-refractivity contribution in [2.75, 3.05) is 45.9 Å². The molecule has 0 radical (unpaired) electrons. The Balaban J connectivity index is 1.96. The quantitative estimate of drug-likeness (QED) is 0.411. The fraction of sp³-hybridized carbons (Fsp3) is 0.923. The van der Waals surface area contributed by atoms with Gasteiger partial charge in [-0.05, 0) is 26.7 Å². The molecule has 1 amide bonds. The van der Waals surface area contributed by atoms with Crippen LogP contribution in [0.3, 0.4) is 0 Å². The molecule has 0 spiro atoms. The Morgan fingerprint density at radius 2 is 2.22 bits per heavy atom. The smallest absolute Gasteiger partial charge is 0.275 e. The molecular weight excluding hydrogens is 230 g/mol. The van der Waals surface area contributed by atoms with Crippen LogP contribution in [0.4, 0.5) is 0 Å². The van der Waals surface area contributed by atoms with Gasteiger partial charge in [0.1, 0.15) is 13.1 Å². The molecule has 0 aromatic rings. The van der Waals surface area contributed by atoms with Gasteiger partial charge < -0.3 is 20.3 Å². The predicted molar refractivity (Wildman–Crippen MR) is 70.6 cm³/mol. The number of carbonyl (C=O) groups excluding carboxylic acids is 1. The maximum Gasteiger partial charge on any atom is 0.275 e. The largest absolute Gasteiger partial charge is 0.376 e. The van der Waals surface area contributed by atoms with E-state index in [1.807, 2.05) is 0 Å². The van der Waals surface area contributed by atoms with E-state index < -0.39 is 0 Å². The molecule has 18 heavy (non-hydrogen) atoms. The zero-order valence-electron chi connectivity index (χ0n) is 11.8. The van der Waals surface area contributed by atoms with E-state index in [4.69, 9.17) is 4.74 Å². The zero-order chi connectivity index (χ0) is 13.2. The van der Waals surface area contributed by atoms with Crippen LogP contribution in [-0.4, -0.2) is 57.9 Å². The molecule has 1 fully saturated rings. The maximum atomic E-state index is 11.6. The normalized spacial score (nSPS) is 19.4. The molecule has 0 aromatic heterocycles. The minimum absolute atomic E-state index is 0.125. The molecule has 0 aliphatic carbocycles. The van der Waals surface area contributed by atoms with E-state index in [0.717, 1.165) is 45.6 Å². The number of hydrogen-bond donors (Lipinski definition) is 3. The van der Waals surface area contributed by atoms with Crippen molar-refractivity contribution in [3.63, 3.8) is 0 Å². The SMILES string of the molecule is CC[NH+](CC)CC[NH2+]CC(=O)NC[C@H]1CCCO1. The molecule has 5 nitrogen and oxygen atoms in total. The Hall–Kier alpha value is -0.650. The van der Waals surface area contributed by atoms with Crippen molar-refractivity contribution in [1.82, 2.24) is 5.32 Å². The molecule has 1 heterocycles. The van der Waals surface area contributed by atoms with Gasteiger partial charge in [-0.3, -0.25) is 4.79 Å². The van der Waals surface area contributed by atoms with Crippen LogP contribution in [0, 0.1) is 0 Å². The number of hydrogen-bond acceptors (Lipinski definition) is 2. The van der Waals surface area contributed by atoms with Crippen molar-refractivity contribution in [3.8, 4) is 0 Å². The summed E-state index contributed by atoms with van der Waals surface area (Å²) in [5.41, 5.74) is 0. The van der Waals surface area contributed by atoms with Crippen molar-refractivity contribution in [2.24, 2.45) is 0 Å². The van der Waals surface area contributed by atoms with Crippen molar-refractivity contribution in [2.45, 2.75) is 32.8 Å². The third kappa shape index (κ3) is 6.33. The lowest BCUT2D eigenvalue weighted by Gasteiger charge is -2.14. The van der Waals surface area contributed by atoms with Crippen LogP contribution < -0.4 is 15.5 Å². The number of nitrogens with two attached hydrogens (primary N) is 1. The van der Waals surface area contributed by atoms with Crippen molar-refractivity contribution < 1.29 is 19.7 Å². The molecule has 0 bridgehead atoms. The average molecular weight is 259 g/mol. The van der Waals surface area contributed by atoms with E-state index in [9.17, 15) is 4.79 Å². The summed E-state index contributed by atoms with van der Waals surface area (Å²) in [7, 11) is 0. The Morgan fingerprint density at radius 1 is 1.44 bits per heavy atom. The predicted octanol–water partition coefficient (Wildman–Crippen LogP) is -2.23. The number of ether oxygens (including phenoxy) is 1. The minimum Gasteiger partial charge on any atom is -0.376 e. The second kappa shape index (κ2) is 9.30. The Kier molecular flexibility index (Phi) is 7.96. The van der Waals surface area contributed by atoms with E-state index >= 15 is 0 Å². The molecule has 106 valence electrons. The number of nitrogens with one attached hydrogen (secondary N) is 2. The van der Waals surface area contributed by atoms with Gasteiger partial charge in [-0.1, -0.05) is 0 Å². The number of quaternary nitrogens is 2. The zero-order valence-corrected chi connectivity index (χ0v) is 11.8. The van der Waals surface area contributed by atoms with Crippen LogP contribution >= 0.6 is 0 Å².